The van der Waals surface area contributed by atoms with E-state index in [0.717, 1.165) is 52.0 Å². The van der Waals surface area contributed by atoms with Crippen LogP contribution in [-0.4, -0.2) is 67.7 Å². The zero-order chi connectivity index (χ0) is 24.4. The third-order valence-electron chi connectivity index (χ3n) is 8.10. The lowest BCUT2D eigenvalue weighted by Gasteiger charge is -2.38. The van der Waals surface area contributed by atoms with Gasteiger partial charge in [-0.15, -0.1) is 0 Å². The van der Waals surface area contributed by atoms with Crippen molar-refractivity contribution in [2.45, 2.75) is 56.9 Å². The number of benzene rings is 2. The molecule has 7 heteroatoms. The Bertz CT molecular complexity index is 1160. The Morgan fingerprint density at radius 1 is 0.886 bits per heavy atom. The van der Waals surface area contributed by atoms with Gasteiger partial charge in [0.1, 0.15) is 0 Å². The number of rotatable bonds is 5. The number of hydrogen-bond donors (Lipinski definition) is 0. The van der Waals surface area contributed by atoms with Gasteiger partial charge in [-0.3, -0.25) is 9.69 Å². The lowest BCUT2D eigenvalue weighted by Crippen LogP contribution is -2.51. The highest BCUT2D eigenvalue weighted by Gasteiger charge is 2.35. The maximum atomic E-state index is 13.3. The molecule has 0 N–H and O–H groups in total. The Kier molecular flexibility index (Phi) is 7.28. The SMILES string of the molecule is Cc1ccccc1CN1CCN(C(=O)C2CCN(S(=O)(=O)c3ccc4c(c3)CCCC4)CC2)CC1. The van der Waals surface area contributed by atoms with Crippen molar-refractivity contribution in [2.75, 3.05) is 39.3 Å². The lowest BCUT2D eigenvalue weighted by molar-refractivity contribution is -0.138. The molecule has 1 aliphatic carbocycles. The predicted octanol–water partition coefficient (Wildman–Crippen LogP) is 3.62. The summed E-state index contributed by atoms with van der Waals surface area (Å²) in [7, 11) is -3.51. The fourth-order valence-corrected chi connectivity index (χ4v) is 7.30. The molecular formula is C28H37N3O3S. The summed E-state index contributed by atoms with van der Waals surface area (Å²) in [4.78, 5) is 18.0. The maximum absolute atomic E-state index is 13.3. The summed E-state index contributed by atoms with van der Waals surface area (Å²) >= 11 is 0. The Labute approximate surface area is 210 Å². The van der Waals surface area contributed by atoms with Crippen LogP contribution in [0.4, 0.5) is 0 Å². The third-order valence-corrected chi connectivity index (χ3v) is 9.99. The van der Waals surface area contributed by atoms with Crippen molar-refractivity contribution in [2.24, 2.45) is 5.92 Å². The molecule has 0 aromatic heterocycles. The van der Waals surface area contributed by atoms with Crippen molar-refractivity contribution in [3.8, 4) is 0 Å². The highest BCUT2D eigenvalue weighted by Crippen LogP contribution is 2.29. The number of fused-ring (bicyclic) bond motifs is 1. The molecule has 2 aromatic carbocycles. The number of aryl methyl sites for hydroxylation is 3. The Morgan fingerprint density at radius 2 is 1.57 bits per heavy atom. The second-order valence-electron chi connectivity index (χ2n) is 10.3. The molecule has 0 spiro atoms. The first kappa shape index (κ1) is 24.5. The number of hydrogen-bond acceptors (Lipinski definition) is 4. The van der Waals surface area contributed by atoms with E-state index in [1.54, 1.807) is 10.4 Å². The van der Waals surface area contributed by atoms with E-state index < -0.39 is 10.0 Å². The number of carbonyl (C=O) groups is 1. The molecule has 2 aromatic rings. The van der Waals surface area contributed by atoms with E-state index in [2.05, 4.69) is 36.1 Å². The normalized spacial score (nSPS) is 20.5. The summed E-state index contributed by atoms with van der Waals surface area (Å²) in [5.41, 5.74) is 5.13. The second kappa shape index (κ2) is 10.4. The minimum Gasteiger partial charge on any atom is -0.340 e. The average molecular weight is 496 g/mol. The summed E-state index contributed by atoms with van der Waals surface area (Å²) in [6, 6.07) is 14.1. The molecule has 1 amide bonds. The third kappa shape index (κ3) is 5.32. The van der Waals surface area contributed by atoms with Crippen LogP contribution in [0.2, 0.25) is 0 Å². The largest absolute Gasteiger partial charge is 0.340 e. The Hall–Kier alpha value is -2.22. The first-order chi connectivity index (χ1) is 16.9. The molecule has 2 saturated heterocycles. The molecule has 0 atom stereocenters. The van der Waals surface area contributed by atoms with Crippen LogP contribution in [0.1, 0.15) is 47.9 Å². The van der Waals surface area contributed by atoms with Gasteiger partial charge in [-0.2, -0.15) is 4.31 Å². The van der Waals surface area contributed by atoms with Gasteiger partial charge in [0.2, 0.25) is 15.9 Å². The Balaban J connectivity index is 1.13. The molecular weight excluding hydrogens is 458 g/mol. The second-order valence-corrected chi connectivity index (χ2v) is 12.3. The maximum Gasteiger partial charge on any atom is 0.243 e. The molecule has 0 unspecified atom stereocenters. The minimum absolute atomic E-state index is 0.0760. The molecule has 0 radical (unpaired) electrons. The first-order valence-corrected chi connectivity index (χ1v) is 14.5. The number of piperidine rings is 1. The van der Waals surface area contributed by atoms with E-state index in [4.69, 9.17) is 0 Å². The molecule has 3 aliphatic rings. The smallest absolute Gasteiger partial charge is 0.243 e. The van der Waals surface area contributed by atoms with Crippen LogP contribution >= 0.6 is 0 Å². The van der Waals surface area contributed by atoms with Gasteiger partial charge in [-0.25, -0.2) is 8.42 Å². The molecule has 5 rings (SSSR count). The van der Waals surface area contributed by atoms with Gasteiger partial charge >= 0.3 is 0 Å². The molecule has 6 nitrogen and oxygen atoms in total. The number of nitrogens with zero attached hydrogens (tertiary/aromatic N) is 3. The van der Waals surface area contributed by atoms with Crippen molar-refractivity contribution in [3.05, 3.63) is 64.7 Å². The van der Waals surface area contributed by atoms with Gasteiger partial charge in [0.15, 0.2) is 0 Å². The van der Waals surface area contributed by atoms with Crippen LogP contribution in [-0.2, 0) is 34.2 Å². The van der Waals surface area contributed by atoms with E-state index in [1.165, 1.54) is 28.7 Å². The molecule has 35 heavy (non-hydrogen) atoms. The molecule has 2 heterocycles. The van der Waals surface area contributed by atoms with Crippen molar-refractivity contribution in [3.63, 3.8) is 0 Å². The summed E-state index contributed by atoms with van der Waals surface area (Å²) in [5.74, 6) is 0.124. The van der Waals surface area contributed by atoms with Crippen molar-refractivity contribution in [1.82, 2.24) is 14.1 Å². The average Bonchev–Trinajstić information content (AvgIpc) is 2.90. The van der Waals surface area contributed by atoms with Crippen LogP contribution in [0.3, 0.4) is 0 Å². The van der Waals surface area contributed by atoms with E-state index in [1.807, 2.05) is 17.0 Å². The highest BCUT2D eigenvalue weighted by atomic mass is 32.2. The Morgan fingerprint density at radius 3 is 2.29 bits per heavy atom. The summed E-state index contributed by atoms with van der Waals surface area (Å²) in [5, 5.41) is 0. The fraction of sp³-hybridized carbons (Fsp3) is 0.536. The molecule has 188 valence electrons. The summed E-state index contributed by atoms with van der Waals surface area (Å²) < 4.78 is 28.2. The van der Waals surface area contributed by atoms with Crippen molar-refractivity contribution < 1.29 is 13.2 Å². The zero-order valence-electron chi connectivity index (χ0n) is 20.8. The number of piperazine rings is 1. The van der Waals surface area contributed by atoms with Crippen LogP contribution in [0, 0.1) is 12.8 Å². The minimum atomic E-state index is -3.51. The summed E-state index contributed by atoms with van der Waals surface area (Å²) in [6.07, 6.45) is 5.53. The van der Waals surface area contributed by atoms with E-state index >= 15 is 0 Å². The number of amides is 1. The summed E-state index contributed by atoms with van der Waals surface area (Å²) in [6.45, 7) is 7.17. The van der Waals surface area contributed by atoms with Crippen molar-refractivity contribution in [1.29, 1.82) is 0 Å². The van der Waals surface area contributed by atoms with E-state index in [9.17, 15) is 13.2 Å². The van der Waals surface area contributed by atoms with Gasteiger partial charge in [0, 0.05) is 51.7 Å². The van der Waals surface area contributed by atoms with Gasteiger partial charge in [0.05, 0.1) is 4.90 Å². The number of sulfonamides is 1. The van der Waals surface area contributed by atoms with Crippen LogP contribution in [0.25, 0.3) is 0 Å². The highest BCUT2D eigenvalue weighted by molar-refractivity contribution is 7.89. The van der Waals surface area contributed by atoms with E-state index in [-0.39, 0.29) is 11.8 Å². The first-order valence-electron chi connectivity index (χ1n) is 13.1. The molecule has 2 aliphatic heterocycles. The van der Waals surface area contributed by atoms with Gasteiger partial charge < -0.3 is 4.90 Å². The standard InChI is InChI=1S/C28H37N3O3S/c1-22-6-2-3-9-26(22)21-29-16-18-30(19-17-29)28(32)24-12-14-31(15-13-24)35(33,34)27-11-10-23-7-4-5-8-25(23)20-27/h2-3,6,9-11,20,24H,4-5,7-8,12-19,21H2,1H3. The van der Waals surface area contributed by atoms with E-state index in [0.29, 0.717) is 30.8 Å². The van der Waals surface area contributed by atoms with Crippen LogP contribution in [0.5, 0.6) is 0 Å². The molecule has 2 fully saturated rings. The van der Waals surface area contributed by atoms with Gasteiger partial charge in [-0.1, -0.05) is 30.3 Å². The number of carbonyl (C=O) groups excluding carboxylic acids is 1. The van der Waals surface area contributed by atoms with Gasteiger partial charge in [0.25, 0.3) is 0 Å². The van der Waals surface area contributed by atoms with Crippen molar-refractivity contribution >= 4 is 15.9 Å². The monoisotopic (exact) mass is 495 g/mol. The van der Waals surface area contributed by atoms with Gasteiger partial charge in [-0.05, 0) is 79.8 Å². The molecule has 0 bridgehead atoms. The zero-order valence-corrected chi connectivity index (χ0v) is 21.6. The van der Waals surface area contributed by atoms with Crippen LogP contribution in [0.15, 0.2) is 47.4 Å². The lowest BCUT2D eigenvalue weighted by atomic mass is 9.92. The van der Waals surface area contributed by atoms with Crippen LogP contribution < -0.4 is 0 Å². The molecule has 0 saturated carbocycles. The predicted molar refractivity (Wildman–Crippen MR) is 138 cm³/mol. The topological polar surface area (TPSA) is 60.9 Å². The fourth-order valence-electron chi connectivity index (χ4n) is 5.78. The quantitative estimate of drug-likeness (QED) is 0.636.